The predicted molar refractivity (Wildman–Crippen MR) is 49.0 cm³/mol. The van der Waals surface area contributed by atoms with Crippen LogP contribution in [0.4, 0.5) is 12.9 Å². The van der Waals surface area contributed by atoms with Gasteiger partial charge in [-0.2, -0.15) is 5.82 Å². The number of hydrogen-bond acceptors (Lipinski definition) is 1. The van der Waals surface area contributed by atoms with E-state index in [2.05, 4.69) is 0 Å². The molecule has 0 saturated carbocycles. The van der Waals surface area contributed by atoms with Crippen molar-refractivity contribution in [2.45, 2.75) is 0 Å². The molecule has 0 aliphatic heterocycles. The smallest absolute Gasteiger partial charge is 0.495 e. The van der Waals surface area contributed by atoms with E-state index in [0.717, 1.165) is 0 Å². The van der Waals surface area contributed by atoms with E-state index in [-0.39, 0.29) is 56.9 Å². The van der Waals surface area contributed by atoms with Crippen LogP contribution in [-0.2, 0) is 0 Å². The van der Waals surface area contributed by atoms with E-state index in [1.54, 1.807) is 18.2 Å². The summed E-state index contributed by atoms with van der Waals surface area (Å²) in [6, 6.07) is 6.32. The van der Waals surface area contributed by atoms with Crippen molar-refractivity contribution in [3.63, 3.8) is 0 Å². The first-order valence-corrected chi connectivity index (χ1v) is 3.88. The second kappa shape index (κ2) is 6.61. The second-order valence-electron chi connectivity index (χ2n) is 2.54. The Bertz CT molecular complexity index is 381. The minimum absolute atomic E-state index is 0. The average molecular weight is 238 g/mol. The fraction of sp³-hybridized carbons (Fsp3) is 0.111. The summed E-state index contributed by atoms with van der Waals surface area (Å²) in [7, 11) is 1.39. The summed E-state index contributed by atoms with van der Waals surface area (Å²) in [5.41, 5.74) is 0.245. The number of hydrogen-bond donors (Lipinski definition) is 0. The zero-order valence-electron chi connectivity index (χ0n) is 8.43. The van der Waals surface area contributed by atoms with Crippen molar-refractivity contribution in [2.24, 2.45) is 0 Å². The normalized spacial score (nSPS) is 9.60. The molecule has 0 aromatic heterocycles. The largest absolute Gasteiger partial charge is 1.00 e. The van der Waals surface area contributed by atoms with Gasteiger partial charge in [0.1, 0.15) is 5.75 Å². The fourth-order valence-electron chi connectivity index (χ4n) is 0.907. The Morgan fingerprint density at radius 1 is 1.20 bits per heavy atom. The van der Waals surface area contributed by atoms with Gasteiger partial charge in [0.15, 0.2) is 0 Å². The van der Waals surface area contributed by atoms with Crippen LogP contribution >= 0.6 is 0 Å². The zero-order chi connectivity index (χ0) is 10.6. The number of methoxy groups -OCH3 is 1. The Labute approximate surface area is 129 Å². The van der Waals surface area contributed by atoms with E-state index in [0.29, 0.717) is 5.75 Å². The summed E-state index contributed by atoms with van der Waals surface area (Å²) in [4.78, 5) is 0. The summed E-state index contributed by atoms with van der Waals surface area (Å²) in [5.74, 6) is 3.62. The third-order valence-corrected chi connectivity index (χ3v) is 1.48. The van der Waals surface area contributed by atoms with E-state index < -0.39 is 6.98 Å². The Morgan fingerprint density at radius 2 is 1.80 bits per heavy atom. The topological polar surface area (TPSA) is 9.23 Å². The van der Waals surface area contributed by atoms with Gasteiger partial charge in [0, 0.05) is 0 Å². The molecule has 1 nitrogen and oxygen atoms in total. The molecule has 74 valence electrons. The van der Waals surface area contributed by atoms with Gasteiger partial charge in [-0.3, -0.25) is 0 Å². The van der Waals surface area contributed by atoms with E-state index in [9.17, 15) is 12.9 Å². The summed E-state index contributed by atoms with van der Waals surface area (Å²) < 4.78 is 40.3. The van der Waals surface area contributed by atoms with Crippen LogP contribution in [0.2, 0.25) is 0 Å². The maximum absolute atomic E-state index is 11.8. The van der Waals surface area contributed by atoms with E-state index >= 15 is 0 Å². The van der Waals surface area contributed by atoms with Gasteiger partial charge in [-0.15, -0.1) is 5.92 Å². The molecule has 0 heterocycles. The maximum Gasteiger partial charge on any atom is 1.00 e. The second-order valence-corrected chi connectivity index (χ2v) is 2.54. The predicted octanol–water partition coefficient (Wildman–Crippen LogP) is -0.563. The summed E-state index contributed by atoms with van der Waals surface area (Å²) >= 11 is 0. The van der Waals surface area contributed by atoms with Crippen molar-refractivity contribution < 1.29 is 69.1 Å². The van der Waals surface area contributed by atoms with Gasteiger partial charge >= 0.3 is 58.4 Å². The Balaban J connectivity index is 0.00000196. The zero-order valence-corrected chi connectivity index (χ0v) is 11.6. The van der Waals surface area contributed by atoms with Crippen molar-refractivity contribution in [2.75, 3.05) is 7.11 Å². The van der Waals surface area contributed by atoms with Crippen LogP contribution in [0.1, 0.15) is 5.56 Å². The maximum atomic E-state index is 11.8. The first kappa shape index (κ1) is 15.1. The van der Waals surface area contributed by atoms with Crippen molar-refractivity contribution in [3.05, 3.63) is 29.8 Å². The molecular weight excluding hydrogens is 231 g/mol. The van der Waals surface area contributed by atoms with E-state index in [1.165, 1.54) is 19.0 Å². The van der Waals surface area contributed by atoms with Gasteiger partial charge in [0.05, 0.1) is 12.7 Å². The Morgan fingerprint density at radius 3 is 2.33 bits per heavy atom. The molecule has 1 aromatic carbocycles. The molecule has 0 N–H and O–H groups in total. The van der Waals surface area contributed by atoms with Crippen LogP contribution in [0.3, 0.4) is 0 Å². The third kappa shape index (κ3) is 5.64. The summed E-state index contributed by atoms with van der Waals surface area (Å²) in [6.45, 7) is -5.07. The van der Waals surface area contributed by atoms with Crippen LogP contribution < -0.4 is 56.1 Å². The minimum atomic E-state index is -5.07. The summed E-state index contributed by atoms with van der Waals surface area (Å²) in [6.07, 6.45) is 0. The Hall–Kier alpha value is 0.0713. The molecule has 0 fully saturated rings. The minimum Gasteiger partial charge on any atom is -0.495 e. The quantitative estimate of drug-likeness (QED) is 0.470. The van der Waals surface area contributed by atoms with Crippen LogP contribution in [0, 0.1) is 11.7 Å². The number of benzene rings is 1. The van der Waals surface area contributed by atoms with Gasteiger partial charge in [-0.25, -0.2) is 0 Å². The molecule has 6 heteroatoms. The molecule has 1 rings (SSSR count). The van der Waals surface area contributed by atoms with Crippen molar-refractivity contribution in [3.8, 4) is 17.5 Å². The van der Waals surface area contributed by atoms with Crippen LogP contribution in [0.15, 0.2) is 24.3 Å². The van der Waals surface area contributed by atoms with Gasteiger partial charge in [-0.05, 0) is 12.1 Å². The SMILES string of the molecule is COc1ccccc1C#C[B-](F)(F)F.[K+]. The van der Waals surface area contributed by atoms with Gasteiger partial charge in [0.25, 0.3) is 0 Å². The molecule has 1 aromatic rings. The first-order chi connectivity index (χ1) is 6.53. The molecule has 0 saturated heterocycles. The molecular formula is C9H7BF3KO. The third-order valence-electron chi connectivity index (χ3n) is 1.48. The van der Waals surface area contributed by atoms with Crippen molar-refractivity contribution in [1.29, 1.82) is 0 Å². The molecule has 0 spiro atoms. The average Bonchev–Trinajstić information content (AvgIpc) is 2.14. The van der Waals surface area contributed by atoms with Gasteiger partial charge in [-0.1, -0.05) is 12.1 Å². The number of para-hydroxylation sites is 1. The Kier molecular flexibility index (Phi) is 6.64. The van der Waals surface area contributed by atoms with Crippen molar-refractivity contribution in [1.82, 2.24) is 0 Å². The van der Waals surface area contributed by atoms with E-state index in [1.807, 2.05) is 5.92 Å². The molecule has 0 amide bonds. The number of rotatable bonds is 1. The van der Waals surface area contributed by atoms with Crippen LogP contribution in [-0.4, -0.2) is 14.1 Å². The standard InChI is InChI=1S/C9H7BF3O.K/c1-14-9-5-3-2-4-8(9)6-7-10(11,12)13;/h2-5H,1H3;/q-1;+1. The first-order valence-electron chi connectivity index (χ1n) is 3.88. The van der Waals surface area contributed by atoms with Gasteiger partial charge < -0.3 is 17.7 Å². The monoisotopic (exact) mass is 238 g/mol. The van der Waals surface area contributed by atoms with Crippen LogP contribution in [0.25, 0.3) is 0 Å². The molecule has 0 aliphatic carbocycles. The fourth-order valence-corrected chi connectivity index (χ4v) is 0.907. The number of ether oxygens (including phenoxy) is 1. The number of halogens is 3. The van der Waals surface area contributed by atoms with Crippen molar-refractivity contribution >= 4 is 6.98 Å². The molecule has 0 radical (unpaired) electrons. The van der Waals surface area contributed by atoms with E-state index in [4.69, 9.17) is 4.74 Å². The molecule has 0 atom stereocenters. The van der Waals surface area contributed by atoms with Gasteiger partial charge in [0.2, 0.25) is 0 Å². The molecule has 0 unspecified atom stereocenters. The molecule has 0 aliphatic rings. The van der Waals surface area contributed by atoms with Crippen LogP contribution in [0.5, 0.6) is 5.75 Å². The molecule has 0 bridgehead atoms. The molecule has 15 heavy (non-hydrogen) atoms. The summed E-state index contributed by atoms with van der Waals surface area (Å²) in [5, 5.41) is 0.